The fourth-order valence-corrected chi connectivity index (χ4v) is 1.90. The van der Waals surface area contributed by atoms with Crippen LogP contribution in [0, 0.1) is 12.7 Å². The number of hydrogen-bond acceptors (Lipinski definition) is 2. The number of benzene rings is 1. The Morgan fingerprint density at radius 1 is 1.25 bits per heavy atom. The number of halogens is 3. The van der Waals surface area contributed by atoms with Gasteiger partial charge in [0.1, 0.15) is 5.82 Å². The highest BCUT2D eigenvalue weighted by atomic mass is 35.5. The maximum atomic E-state index is 12.9. The molecular formula is C11H17Cl2FN2. The zero-order chi connectivity index (χ0) is 9.97. The van der Waals surface area contributed by atoms with Crippen LogP contribution in [0.15, 0.2) is 18.2 Å². The van der Waals surface area contributed by atoms with Crippen molar-refractivity contribution in [3.05, 3.63) is 35.1 Å². The third kappa shape index (κ3) is 3.59. The molecule has 2 nitrogen and oxygen atoms in total. The molecule has 1 aromatic carbocycles. The highest BCUT2D eigenvalue weighted by Crippen LogP contribution is 2.18. The summed E-state index contributed by atoms with van der Waals surface area (Å²) in [6.45, 7) is 4.86. The summed E-state index contributed by atoms with van der Waals surface area (Å²) in [4.78, 5) is 0. The van der Waals surface area contributed by atoms with Crippen molar-refractivity contribution in [3.63, 3.8) is 0 Å². The molecule has 1 heterocycles. The van der Waals surface area contributed by atoms with Gasteiger partial charge in [0.25, 0.3) is 0 Å². The van der Waals surface area contributed by atoms with E-state index < -0.39 is 0 Å². The largest absolute Gasteiger partial charge is 0.314 e. The summed E-state index contributed by atoms with van der Waals surface area (Å²) >= 11 is 0. The van der Waals surface area contributed by atoms with E-state index in [-0.39, 0.29) is 30.6 Å². The number of piperazine rings is 1. The smallest absolute Gasteiger partial charge is 0.123 e. The zero-order valence-corrected chi connectivity index (χ0v) is 10.8. The Hall–Kier alpha value is -0.350. The van der Waals surface area contributed by atoms with Gasteiger partial charge in [0.2, 0.25) is 0 Å². The van der Waals surface area contributed by atoms with Gasteiger partial charge in [-0.3, -0.25) is 0 Å². The summed E-state index contributed by atoms with van der Waals surface area (Å²) in [5, 5.41) is 6.73. The number of hydrogen-bond donors (Lipinski definition) is 2. The first kappa shape index (κ1) is 15.7. The molecule has 0 bridgehead atoms. The lowest BCUT2D eigenvalue weighted by atomic mass is 10.00. The van der Waals surface area contributed by atoms with E-state index in [0.717, 1.165) is 25.2 Å². The predicted molar refractivity (Wildman–Crippen MR) is 69.2 cm³/mol. The van der Waals surface area contributed by atoms with Crippen LogP contribution < -0.4 is 10.6 Å². The van der Waals surface area contributed by atoms with Crippen molar-refractivity contribution < 1.29 is 4.39 Å². The molecule has 1 aromatic rings. The lowest BCUT2D eigenvalue weighted by Crippen LogP contribution is -2.42. The van der Waals surface area contributed by atoms with Crippen LogP contribution >= 0.6 is 24.8 Å². The summed E-state index contributed by atoms with van der Waals surface area (Å²) in [6, 6.07) is 5.31. The third-order valence-corrected chi connectivity index (χ3v) is 2.65. The lowest BCUT2D eigenvalue weighted by Gasteiger charge is -2.26. The molecule has 0 amide bonds. The number of nitrogens with one attached hydrogen (secondary N) is 2. The first-order chi connectivity index (χ1) is 6.77. The number of rotatable bonds is 1. The monoisotopic (exact) mass is 266 g/mol. The summed E-state index contributed by atoms with van der Waals surface area (Å²) in [5.41, 5.74) is 2.21. The maximum absolute atomic E-state index is 12.9. The van der Waals surface area contributed by atoms with Crippen LogP contribution in [0.2, 0.25) is 0 Å². The van der Waals surface area contributed by atoms with Gasteiger partial charge in [-0.1, -0.05) is 6.07 Å². The standard InChI is InChI=1S/C11H15FN2.2ClH/c1-8-6-9(12)2-3-10(8)11-7-13-4-5-14-11;;/h2-3,6,11,13-14H,4-5,7H2,1H3;2*1H/t11-;;/m1../s1. The van der Waals surface area contributed by atoms with Crippen LogP contribution in [0.5, 0.6) is 0 Å². The Labute approximate surface area is 108 Å². The molecular weight excluding hydrogens is 250 g/mol. The molecule has 2 N–H and O–H groups in total. The molecule has 1 aliphatic rings. The van der Waals surface area contributed by atoms with Crippen LogP contribution in [0.4, 0.5) is 4.39 Å². The Kier molecular flexibility index (Phi) is 6.91. The Bertz CT molecular complexity index is 328. The predicted octanol–water partition coefficient (Wildman–Crippen LogP) is 2.21. The molecule has 16 heavy (non-hydrogen) atoms. The van der Waals surface area contributed by atoms with E-state index in [0.29, 0.717) is 6.04 Å². The Morgan fingerprint density at radius 3 is 2.56 bits per heavy atom. The first-order valence-corrected chi connectivity index (χ1v) is 4.97. The second-order valence-corrected chi connectivity index (χ2v) is 3.71. The van der Waals surface area contributed by atoms with Gasteiger partial charge >= 0.3 is 0 Å². The fourth-order valence-electron chi connectivity index (χ4n) is 1.90. The molecule has 0 radical (unpaired) electrons. The minimum absolute atomic E-state index is 0. The average Bonchev–Trinajstić information content (AvgIpc) is 2.19. The van der Waals surface area contributed by atoms with Gasteiger partial charge in [-0.25, -0.2) is 4.39 Å². The van der Waals surface area contributed by atoms with Crippen molar-refractivity contribution in [2.24, 2.45) is 0 Å². The van der Waals surface area contributed by atoms with Gasteiger partial charge in [0.15, 0.2) is 0 Å². The van der Waals surface area contributed by atoms with Crippen molar-refractivity contribution in [2.45, 2.75) is 13.0 Å². The van der Waals surface area contributed by atoms with Crippen LogP contribution in [0.1, 0.15) is 17.2 Å². The van der Waals surface area contributed by atoms with Crippen molar-refractivity contribution in [3.8, 4) is 0 Å². The zero-order valence-electron chi connectivity index (χ0n) is 9.13. The van der Waals surface area contributed by atoms with Crippen LogP contribution in [0.25, 0.3) is 0 Å². The SMILES string of the molecule is Cc1cc(F)ccc1[C@H]1CNCCN1.Cl.Cl. The second-order valence-electron chi connectivity index (χ2n) is 3.71. The molecule has 0 aromatic heterocycles. The van der Waals surface area contributed by atoms with E-state index in [9.17, 15) is 4.39 Å². The van der Waals surface area contributed by atoms with Crippen molar-refractivity contribution in [1.29, 1.82) is 0 Å². The molecule has 0 aliphatic carbocycles. The van der Waals surface area contributed by atoms with E-state index in [1.165, 1.54) is 11.6 Å². The average molecular weight is 267 g/mol. The van der Waals surface area contributed by atoms with Crippen LogP contribution in [0.3, 0.4) is 0 Å². The molecule has 1 saturated heterocycles. The molecule has 5 heteroatoms. The molecule has 1 fully saturated rings. The maximum Gasteiger partial charge on any atom is 0.123 e. The highest BCUT2D eigenvalue weighted by molar-refractivity contribution is 5.85. The topological polar surface area (TPSA) is 24.1 Å². The van der Waals surface area contributed by atoms with Gasteiger partial charge in [0, 0.05) is 25.7 Å². The molecule has 1 atom stereocenters. The van der Waals surface area contributed by atoms with Crippen LogP contribution in [-0.2, 0) is 0 Å². The molecule has 1 aliphatic heterocycles. The third-order valence-electron chi connectivity index (χ3n) is 2.65. The Morgan fingerprint density at radius 2 is 2.00 bits per heavy atom. The Balaban J connectivity index is 0.00000112. The summed E-state index contributed by atoms with van der Waals surface area (Å²) < 4.78 is 12.9. The van der Waals surface area contributed by atoms with Crippen molar-refractivity contribution in [1.82, 2.24) is 10.6 Å². The highest BCUT2D eigenvalue weighted by Gasteiger charge is 2.15. The molecule has 2 rings (SSSR count). The minimum atomic E-state index is -0.157. The van der Waals surface area contributed by atoms with Crippen molar-refractivity contribution >= 4 is 24.8 Å². The van der Waals surface area contributed by atoms with Gasteiger partial charge < -0.3 is 10.6 Å². The van der Waals surface area contributed by atoms with E-state index >= 15 is 0 Å². The van der Waals surface area contributed by atoms with Gasteiger partial charge in [-0.2, -0.15) is 0 Å². The van der Waals surface area contributed by atoms with Crippen LogP contribution in [-0.4, -0.2) is 19.6 Å². The molecule has 0 saturated carbocycles. The van der Waals surface area contributed by atoms with Gasteiger partial charge in [0.05, 0.1) is 0 Å². The second kappa shape index (κ2) is 7.07. The van der Waals surface area contributed by atoms with Crippen molar-refractivity contribution in [2.75, 3.05) is 19.6 Å². The summed E-state index contributed by atoms with van der Waals surface area (Å²) in [5.74, 6) is -0.157. The molecule has 0 unspecified atom stereocenters. The van der Waals surface area contributed by atoms with E-state index in [4.69, 9.17) is 0 Å². The van der Waals surface area contributed by atoms with E-state index in [1.54, 1.807) is 6.07 Å². The van der Waals surface area contributed by atoms with E-state index in [2.05, 4.69) is 10.6 Å². The first-order valence-electron chi connectivity index (χ1n) is 4.97. The summed E-state index contributed by atoms with van der Waals surface area (Å²) in [7, 11) is 0. The van der Waals surface area contributed by atoms with Gasteiger partial charge in [-0.15, -0.1) is 24.8 Å². The lowest BCUT2D eigenvalue weighted by molar-refractivity contribution is 0.428. The van der Waals surface area contributed by atoms with Gasteiger partial charge in [-0.05, 0) is 30.2 Å². The fraction of sp³-hybridized carbons (Fsp3) is 0.455. The minimum Gasteiger partial charge on any atom is -0.314 e. The van der Waals surface area contributed by atoms with E-state index in [1.807, 2.05) is 13.0 Å². The summed E-state index contributed by atoms with van der Waals surface area (Å²) in [6.07, 6.45) is 0. The molecule has 92 valence electrons. The number of aryl methyl sites for hydroxylation is 1. The normalized spacial score (nSPS) is 19.5. The molecule has 0 spiro atoms. The quantitative estimate of drug-likeness (QED) is 0.815.